The number of hydrogen-bond acceptors (Lipinski definition) is 3. The Hall–Kier alpha value is -2.14. The third kappa shape index (κ3) is 3.85. The fourth-order valence-electron chi connectivity index (χ4n) is 2.96. The maximum absolute atomic E-state index is 12.2. The van der Waals surface area contributed by atoms with Gasteiger partial charge in [0.15, 0.2) is 0 Å². The molecule has 4 nitrogen and oxygen atoms in total. The number of nitrogens with one attached hydrogen (secondary N) is 1. The molecule has 1 aliphatic heterocycles. The molecule has 1 aliphatic rings. The summed E-state index contributed by atoms with van der Waals surface area (Å²) in [6.45, 7) is 5.26. The van der Waals surface area contributed by atoms with Crippen LogP contribution in [0.4, 0.5) is 5.69 Å². The molecule has 2 heterocycles. The number of carbonyl (C=O) groups excluding carboxylic acids is 2. The fourth-order valence-corrected chi connectivity index (χ4v) is 3.67. The summed E-state index contributed by atoms with van der Waals surface area (Å²) in [7, 11) is 0. The van der Waals surface area contributed by atoms with E-state index in [9.17, 15) is 9.59 Å². The molecule has 1 aromatic carbocycles. The Morgan fingerprint density at radius 3 is 2.79 bits per heavy atom. The summed E-state index contributed by atoms with van der Waals surface area (Å²) in [5, 5.41) is 4.94. The number of fused-ring (bicyclic) bond motifs is 1. The van der Waals surface area contributed by atoms with Gasteiger partial charge < -0.3 is 10.2 Å². The summed E-state index contributed by atoms with van der Waals surface area (Å²) < 4.78 is 0. The number of nitrogens with zero attached hydrogens (tertiary/aromatic N) is 1. The Labute approximate surface area is 146 Å². The predicted octanol–water partition coefficient (Wildman–Crippen LogP) is 3.47. The summed E-state index contributed by atoms with van der Waals surface area (Å²) in [6.07, 6.45) is 1.27. The van der Waals surface area contributed by atoms with E-state index in [0.29, 0.717) is 13.0 Å². The zero-order valence-electron chi connectivity index (χ0n) is 14.0. The van der Waals surface area contributed by atoms with Crippen molar-refractivity contribution in [3.05, 3.63) is 51.7 Å². The van der Waals surface area contributed by atoms with Crippen LogP contribution in [0.1, 0.15) is 29.9 Å². The lowest BCUT2D eigenvalue weighted by Crippen LogP contribution is -2.38. The van der Waals surface area contributed by atoms with Crippen molar-refractivity contribution in [2.24, 2.45) is 5.92 Å². The van der Waals surface area contributed by atoms with Crippen LogP contribution in [-0.2, 0) is 29.0 Å². The van der Waals surface area contributed by atoms with Crippen molar-refractivity contribution >= 4 is 28.8 Å². The van der Waals surface area contributed by atoms with Gasteiger partial charge in [0.25, 0.3) is 0 Å². The molecule has 0 aliphatic carbocycles. The number of benzene rings is 1. The van der Waals surface area contributed by atoms with Gasteiger partial charge in [0.2, 0.25) is 11.8 Å². The number of rotatable bonds is 4. The zero-order chi connectivity index (χ0) is 17.1. The van der Waals surface area contributed by atoms with Crippen LogP contribution >= 0.6 is 11.3 Å². The topological polar surface area (TPSA) is 49.4 Å². The number of carbonyl (C=O) groups is 2. The molecule has 24 heavy (non-hydrogen) atoms. The molecule has 0 atom stereocenters. The normalized spacial score (nSPS) is 13.7. The molecule has 5 heteroatoms. The first-order valence-electron chi connectivity index (χ1n) is 8.26. The quantitative estimate of drug-likeness (QED) is 0.925. The lowest BCUT2D eigenvalue weighted by atomic mass is 9.98. The van der Waals surface area contributed by atoms with Crippen LogP contribution in [0.5, 0.6) is 0 Å². The molecule has 126 valence electrons. The lowest BCUT2D eigenvalue weighted by molar-refractivity contribution is -0.135. The Balaban J connectivity index is 1.68. The van der Waals surface area contributed by atoms with Crippen molar-refractivity contribution in [2.75, 3.05) is 11.9 Å². The van der Waals surface area contributed by atoms with E-state index in [4.69, 9.17) is 0 Å². The molecule has 0 bridgehead atoms. The highest BCUT2D eigenvalue weighted by Crippen LogP contribution is 2.24. The Morgan fingerprint density at radius 2 is 2.08 bits per heavy atom. The van der Waals surface area contributed by atoms with E-state index in [0.717, 1.165) is 29.1 Å². The van der Waals surface area contributed by atoms with Crippen LogP contribution in [0.3, 0.4) is 0 Å². The highest BCUT2D eigenvalue weighted by Gasteiger charge is 2.22. The third-order valence-electron chi connectivity index (χ3n) is 4.22. The molecular weight excluding hydrogens is 320 g/mol. The summed E-state index contributed by atoms with van der Waals surface area (Å²) in [5.74, 6) is 0.191. The predicted molar refractivity (Wildman–Crippen MR) is 97.1 cm³/mol. The van der Waals surface area contributed by atoms with Crippen LogP contribution in [0.15, 0.2) is 35.7 Å². The van der Waals surface area contributed by atoms with Gasteiger partial charge in [0, 0.05) is 29.6 Å². The average molecular weight is 342 g/mol. The van der Waals surface area contributed by atoms with Crippen molar-refractivity contribution in [2.45, 2.75) is 33.2 Å². The second kappa shape index (κ2) is 7.18. The van der Waals surface area contributed by atoms with E-state index >= 15 is 0 Å². The van der Waals surface area contributed by atoms with Crippen molar-refractivity contribution in [3.8, 4) is 0 Å². The Kier molecular flexibility index (Phi) is 5.00. The van der Waals surface area contributed by atoms with Crippen molar-refractivity contribution in [1.82, 2.24) is 4.90 Å². The van der Waals surface area contributed by atoms with Gasteiger partial charge in [-0.3, -0.25) is 9.59 Å². The molecule has 3 rings (SSSR count). The van der Waals surface area contributed by atoms with Crippen LogP contribution in [0, 0.1) is 5.92 Å². The van der Waals surface area contributed by atoms with Gasteiger partial charge in [0.05, 0.1) is 6.42 Å². The van der Waals surface area contributed by atoms with Gasteiger partial charge in [-0.2, -0.15) is 0 Å². The van der Waals surface area contributed by atoms with Gasteiger partial charge in [-0.25, -0.2) is 0 Å². The number of anilines is 1. The average Bonchev–Trinajstić information content (AvgIpc) is 3.06. The van der Waals surface area contributed by atoms with E-state index in [1.54, 1.807) is 11.3 Å². The smallest absolute Gasteiger partial charge is 0.229 e. The minimum Gasteiger partial charge on any atom is -0.338 e. The van der Waals surface area contributed by atoms with Crippen molar-refractivity contribution in [1.29, 1.82) is 0 Å². The maximum atomic E-state index is 12.2. The molecule has 0 radical (unpaired) electrons. The minimum absolute atomic E-state index is 0.0108. The first kappa shape index (κ1) is 16.7. The molecule has 2 amide bonds. The van der Waals surface area contributed by atoms with Crippen molar-refractivity contribution in [3.63, 3.8) is 0 Å². The van der Waals surface area contributed by atoms with Gasteiger partial charge in [-0.15, -0.1) is 11.3 Å². The van der Waals surface area contributed by atoms with E-state index < -0.39 is 0 Å². The Bertz CT molecular complexity index is 738. The lowest BCUT2D eigenvalue weighted by Gasteiger charge is -2.30. The molecule has 0 saturated carbocycles. The van der Waals surface area contributed by atoms with Crippen LogP contribution < -0.4 is 5.32 Å². The minimum atomic E-state index is -0.0108. The second-order valence-corrected chi connectivity index (χ2v) is 7.48. The summed E-state index contributed by atoms with van der Waals surface area (Å²) in [5.41, 5.74) is 3.19. The Morgan fingerprint density at radius 1 is 1.25 bits per heavy atom. The zero-order valence-corrected chi connectivity index (χ0v) is 14.9. The monoisotopic (exact) mass is 342 g/mol. The van der Waals surface area contributed by atoms with Crippen molar-refractivity contribution < 1.29 is 9.59 Å². The molecule has 1 N–H and O–H groups in total. The highest BCUT2D eigenvalue weighted by atomic mass is 32.1. The summed E-state index contributed by atoms with van der Waals surface area (Å²) >= 11 is 1.59. The van der Waals surface area contributed by atoms with E-state index in [2.05, 4.69) is 11.4 Å². The SMILES string of the molecule is CC(C)C(=O)N1CCc2ccc(NC(=O)Cc3cccs3)cc2C1. The van der Waals surface area contributed by atoms with E-state index in [1.165, 1.54) is 5.56 Å². The van der Waals surface area contributed by atoms with E-state index in [-0.39, 0.29) is 17.7 Å². The van der Waals surface area contributed by atoms with Gasteiger partial charge in [-0.1, -0.05) is 26.0 Å². The number of amides is 2. The number of thiophene rings is 1. The molecule has 1 aromatic heterocycles. The van der Waals surface area contributed by atoms with Gasteiger partial charge in [-0.05, 0) is 41.1 Å². The molecule has 0 spiro atoms. The van der Waals surface area contributed by atoms with E-state index in [1.807, 2.05) is 48.4 Å². The second-order valence-electron chi connectivity index (χ2n) is 6.45. The molecule has 2 aromatic rings. The molecule has 0 unspecified atom stereocenters. The highest BCUT2D eigenvalue weighted by molar-refractivity contribution is 7.10. The first-order valence-corrected chi connectivity index (χ1v) is 9.13. The molecule has 0 saturated heterocycles. The summed E-state index contributed by atoms with van der Waals surface area (Å²) in [4.78, 5) is 27.3. The van der Waals surface area contributed by atoms with Gasteiger partial charge in [0.1, 0.15) is 0 Å². The third-order valence-corrected chi connectivity index (χ3v) is 5.10. The molecule has 0 fully saturated rings. The summed E-state index contributed by atoms with van der Waals surface area (Å²) in [6, 6.07) is 9.93. The number of hydrogen-bond donors (Lipinski definition) is 1. The van der Waals surface area contributed by atoms with Crippen LogP contribution in [0.2, 0.25) is 0 Å². The van der Waals surface area contributed by atoms with Gasteiger partial charge >= 0.3 is 0 Å². The van der Waals surface area contributed by atoms with Crippen LogP contribution in [0.25, 0.3) is 0 Å². The standard InChI is InChI=1S/C19H22N2O2S/c1-13(2)19(23)21-8-7-14-5-6-16(10-15(14)12-21)20-18(22)11-17-4-3-9-24-17/h3-6,9-10,13H,7-8,11-12H2,1-2H3,(H,20,22). The fraction of sp³-hybridized carbons (Fsp3) is 0.368. The largest absolute Gasteiger partial charge is 0.338 e. The maximum Gasteiger partial charge on any atom is 0.229 e. The molecular formula is C19H22N2O2S. The first-order chi connectivity index (χ1) is 11.5. The van der Waals surface area contributed by atoms with Crippen LogP contribution in [-0.4, -0.2) is 23.3 Å².